The minimum atomic E-state index is -0.997. The van der Waals surface area contributed by atoms with Gasteiger partial charge in [0.1, 0.15) is 11.6 Å². The van der Waals surface area contributed by atoms with Gasteiger partial charge >= 0.3 is 6.03 Å². The molecule has 3 N–H and O–H groups in total. The molecule has 0 aliphatic rings. The van der Waals surface area contributed by atoms with Crippen molar-refractivity contribution in [1.82, 2.24) is 5.32 Å². The largest absolute Gasteiger partial charge is 0.351 e. The standard InChI is InChI=1S/C11H8BrN3O2/c12-9-4-2-1-3-7(9)5-8(6-13)10(16)15-11(14)17/h1-5H,(H3,14,15,16,17)/b8-5-. The molecule has 0 atom stereocenters. The number of halogens is 1. The van der Waals surface area contributed by atoms with Crippen molar-refractivity contribution in [3.05, 3.63) is 39.9 Å². The molecule has 0 spiro atoms. The average molecular weight is 294 g/mol. The molecule has 0 heterocycles. The van der Waals surface area contributed by atoms with E-state index >= 15 is 0 Å². The second kappa shape index (κ2) is 5.82. The summed E-state index contributed by atoms with van der Waals surface area (Å²) < 4.78 is 0.736. The van der Waals surface area contributed by atoms with Crippen LogP contribution in [0.3, 0.4) is 0 Å². The number of benzene rings is 1. The van der Waals surface area contributed by atoms with Crippen molar-refractivity contribution in [2.45, 2.75) is 0 Å². The first-order valence-electron chi connectivity index (χ1n) is 4.51. The molecule has 17 heavy (non-hydrogen) atoms. The summed E-state index contributed by atoms with van der Waals surface area (Å²) in [5, 5.41) is 10.6. The molecule has 0 aliphatic carbocycles. The van der Waals surface area contributed by atoms with Crippen LogP contribution < -0.4 is 11.1 Å². The van der Waals surface area contributed by atoms with Crippen molar-refractivity contribution in [2.75, 3.05) is 0 Å². The molecule has 0 aliphatic heterocycles. The summed E-state index contributed by atoms with van der Waals surface area (Å²) in [5.74, 6) is -0.823. The van der Waals surface area contributed by atoms with Gasteiger partial charge in [0.2, 0.25) is 0 Å². The summed E-state index contributed by atoms with van der Waals surface area (Å²) in [7, 11) is 0. The van der Waals surface area contributed by atoms with E-state index in [1.165, 1.54) is 6.08 Å². The van der Waals surface area contributed by atoms with Gasteiger partial charge in [-0.3, -0.25) is 10.1 Å². The molecule has 0 unspecified atom stereocenters. The van der Waals surface area contributed by atoms with Crippen LogP contribution in [0.15, 0.2) is 34.3 Å². The van der Waals surface area contributed by atoms with Gasteiger partial charge in [0, 0.05) is 4.47 Å². The fourth-order valence-corrected chi connectivity index (χ4v) is 1.47. The quantitative estimate of drug-likeness (QED) is 0.639. The predicted octanol–water partition coefficient (Wildman–Crippen LogP) is 1.55. The second-order valence-electron chi connectivity index (χ2n) is 3.01. The highest BCUT2D eigenvalue weighted by molar-refractivity contribution is 9.10. The Kier molecular flexibility index (Phi) is 4.43. The predicted molar refractivity (Wildman–Crippen MR) is 65.5 cm³/mol. The molecule has 1 aromatic carbocycles. The van der Waals surface area contributed by atoms with Crippen molar-refractivity contribution in [3.8, 4) is 6.07 Å². The lowest BCUT2D eigenvalue weighted by Gasteiger charge is -2.00. The highest BCUT2D eigenvalue weighted by Crippen LogP contribution is 2.18. The molecule has 6 heteroatoms. The molecule has 0 fully saturated rings. The zero-order valence-electron chi connectivity index (χ0n) is 8.61. The van der Waals surface area contributed by atoms with E-state index in [9.17, 15) is 9.59 Å². The summed E-state index contributed by atoms with van der Waals surface area (Å²) in [6.45, 7) is 0. The first kappa shape index (κ1) is 12.9. The summed E-state index contributed by atoms with van der Waals surface area (Å²) in [5.41, 5.74) is 5.25. The van der Waals surface area contributed by atoms with E-state index in [4.69, 9.17) is 11.0 Å². The van der Waals surface area contributed by atoms with Crippen molar-refractivity contribution in [3.63, 3.8) is 0 Å². The van der Waals surface area contributed by atoms with Crippen molar-refractivity contribution in [2.24, 2.45) is 5.73 Å². The number of carbonyl (C=O) groups excluding carboxylic acids is 2. The molecular formula is C11H8BrN3O2. The van der Waals surface area contributed by atoms with Gasteiger partial charge in [0.05, 0.1) is 0 Å². The summed E-state index contributed by atoms with van der Waals surface area (Å²) in [4.78, 5) is 21.9. The van der Waals surface area contributed by atoms with Gasteiger partial charge in [-0.25, -0.2) is 4.79 Å². The molecule has 0 saturated carbocycles. The SMILES string of the molecule is N#C/C(=C/c1ccccc1Br)C(=O)NC(N)=O. The van der Waals surface area contributed by atoms with E-state index in [1.54, 1.807) is 30.3 Å². The lowest BCUT2D eigenvalue weighted by Crippen LogP contribution is -2.35. The molecule has 86 valence electrons. The zero-order chi connectivity index (χ0) is 12.8. The number of primary amides is 1. The topological polar surface area (TPSA) is 96.0 Å². The number of hydrogen-bond acceptors (Lipinski definition) is 3. The van der Waals surface area contributed by atoms with E-state index in [0.29, 0.717) is 5.56 Å². The Balaban J connectivity index is 3.04. The normalized spacial score (nSPS) is 10.5. The van der Waals surface area contributed by atoms with Crippen molar-refractivity contribution < 1.29 is 9.59 Å². The van der Waals surface area contributed by atoms with Crippen LogP contribution in [0.5, 0.6) is 0 Å². The van der Waals surface area contributed by atoms with E-state index in [2.05, 4.69) is 15.9 Å². The van der Waals surface area contributed by atoms with Gasteiger partial charge < -0.3 is 5.73 Å². The number of carbonyl (C=O) groups is 2. The molecule has 0 aromatic heterocycles. The number of urea groups is 1. The molecule has 5 nitrogen and oxygen atoms in total. The number of nitrogens with zero attached hydrogens (tertiary/aromatic N) is 1. The third-order valence-corrected chi connectivity index (χ3v) is 2.53. The van der Waals surface area contributed by atoms with E-state index in [0.717, 1.165) is 4.47 Å². The number of hydrogen-bond donors (Lipinski definition) is 2. The Morgan fingerprint density at radius 1 is 1.41 bits per heavy atom. The number of nitriles is 1. The van der Waals surface area contributed by atoms with Gasteiger partial charge in [-0.15, -0.1) is 0 Å². The van der Waals surface area contributed by atoms with Gasteiger partial charge in [-0.1, -0.05) is 34.1 Å². The Labute approximate surface area is 106 Å². The van der Waals surface area contributed by atoms with Gasteiger partial charge in [-0.05, 0) is 17.7 Å². The minimum absolute atomic E-state index is 0.198. The monoisotopic (exact) mass is 293 g/mol. The molecule has 1 rings (SSSR count). The van der Waals surface area contributed by atoms with Crippen LogP contribution in [-0.2, 0) is 4.79 Å². The molecule has 0 radical (unpaired) electrons. The fraction of sp³-hybridized carbons (Fsp3) is 0. The lowest BCUT2D eigenvalue weighted by atomic mass is 10.1. The number of nitrogens with one attached hydrogen (secondary N) is 1. The number of nitrogens with two attached hydrogens (primary N) is 1. The van der Waals surface area contributed by atoms with Gasteiger partial charge in [0.15, 0.2) is 0 Å². The summed E-state index contributed by atoms with van der Waals surface area (Å²) in [6.07, 6.45) is 1.36. The van der Waals surface area contributed by atoms with Crippen LogP contribution >= 0.6 is 15.9 Å². The summed E-state index contributed by atoms with van der Waals surface area (Å²) in [6, 6.07) is 7.76. The Morgan fingerprint density at radius 2 is 2.06 bits per heavy atom. The van der Waals surface area contributed by atoms with Crippen LogP contribution in [0.1, 0.15) is 5.56 Å². The maximum atomic E-state index is 11.4. The summed E-state index contributed by atoms with van der Waals surface area (Å²) >= 11 is 3.28. The van der Waals surface area contributed by atoms with Crippen LogP contribution in [-0.4, -0.2) is 11.9 Å². The van der Waals surface area contributed by atoms with E-state index in [1.807, 2.05) is 5.32 Å². The third kappa shape index (κ3) is 3.74. The van der Waals surface area contributed by atoms with Gasteiger partial charge in [0.25, 0.3) is 5.91 Å². The smallest absolute Gasteiger partial charge is 0.319 e. The average Bonchev–Trinajstić information content (AvgIpc) is 2.27. The molecule has 1 aromatic rings. The maximum Gasteiger partial charge on any atom is 0.319 e. The molecule has 3 amide bonds. The lowest BCUT2D eigenvalue weighted by molar-refractivity contribution is -0.115. The third-order valence-electron chi connectivity index (χ3n) is 1.81. The first-order chi connectivity index (χ1) is 8.04. The maximum absolute atomic E-state index is 11.4. The fourth-order valence-electron chi connectivity index (χ4n) is 1.08. The Bertz CT molecular complexity index is 532. The zero-order valence-corrected chi connectivity index (χ0v) is 10.2. The van der Waals surface area contributed by atoms with Crippen LogP contribution in [0.4, 0.5) is 4.79 Å². The van der Waals surface area contributed by atoms with Crippen LogP contribution in [0.25, 0.3) is 6.08 Å². The Morgan fingerprint density at radius 3 is 2.59 bits per heavy atom. The van der Waals surface area contributed by atoms with Crippen molar-refractivity contribution >= 4 is 33.9 Å². The van der Waals surface area contributed by atoms with Gasteiger partial charge in [-0.2, -0.15) is 5.26 Å². The number of imide groups is 1. The highest BCUT2D eigenvalue weighted by atomic mass is 79.9. The second-order valence-corrected chi connectivity index (χ2v) is 3.86. The molecule has 0 saturated heterocycles. The first-order valence-corrected chi connectivity index (χ1v) is 5.31. The Hall–Kier alpha value is -2.13. The number of rotatable bonds is 2. The molecular weight excluding hydrogens is 286 g/mol. The highest BCUT2D eigenvalue weighted by Gasteiger charge is 2.11. The van der Waals surface area contributed by atoms with E-state index in [-0.39, 0.29) is 5.57 Å². The van der Waals surface area contributed by atoms with Crippen LogP contribution in [0.2, 0.25) is 0 Å². The minimum Gasteiger partial charge on any atom is -0.351 e. The van der Waals surface area contributed by atoms with Crippen LogP contribution in [0, 0.1) is 11.3 Å². The number of amides is 3. The molecule has 0 bridgehead atoms. The van der Waals surface area contributed by atoms with E-state index < -0.39 is 11.9 Å². The van der Waals surface area contributed by atoms with Crippen molar-refractivity contribution in [1.29, 1.82) is 5.26 Å².